The third kappa shape index (κ3) is 3.05. The van der Waals surface area contributed by atoms with Crippen LogP contribution in [0.5, 0.6) is 0 Å². The van der Waals surface area contributed by atoms with Gasteiger partial charge in [0.25, 0.3) is 0 Å². The molecule has 0 saturated carbocycles. The first kappa shape index (κ1) is 11.2. The van der Waals surface area contributed by atoms with Crippen molar-refractivity contribution in [1.82, 2.24) is 0 Å². The summed E-state index contributed by atoms with van der Waals surface area (Å²) >= 11 is 3.27. The molecule has 0 radical (unpaired) electrons. The third-order valence-corrected chi connectivity index (χ3v) is 1.70. The molecule has 1 rings (SSSR count). The number of nitrogens with two attached hydrogens (primary N) is 1. The van der Waals surface area contributed by atoms with Crippen molar-refractivity contribution >= 4 is 27.8 Å². The molecule has 1 aromatic rings. The number of nitrogen functional groups attached to an aromatic ring is 1. The zero-order valence-electron chi connectivity index (χ0n) is 7.26. The van der Waals surface area contributed by atoms with Crippen LogP contribution in [0.1, 0.15) is 19.4 Å². The summed E-state index contributed by atoms with van der Waals surface area (Å²) < 4.78 is 0.940. The van der Waals surface area contributed by atoms with Gasteiger partial charge in [0.2, 0.25) is 0 Å². The molecule has 3 N–H and O–H groups in total. The molecule has 0 unspecified atom stereocenters. The van der Waals surface area contributed by atoms with Crippen molar-refractivity contribution in [2.24, 2.45) is 0 Å². The van der Waals surface area contributed by atoms with Crippen LogP contribution in [0, 0.1) is 5.41 Å². The molecule has 0 amide bonds. The van der Waals surface area contributed by atoms with Gasteiger partial charge in [0.1, 0.15) is 0 Å². The largest absolute Gasteiger partial charge is 0.398 e. The van der Waals surface area contributed by atoms with Crippen molar-refractivity contribution in [3.8, 4) is 0 Å². The average molecular weight is 229 g/mol. The quantitative estimate of drug-likeness (QED) is 0.564. The molecule has 0 aliphatic rings. The second-order valence-corrected chi connectivity index (χ2v) is 2.83. The van der Waals surface area contributed by atoms with E-state index in [9.17, 15) is 0 Å². The molecule has 1 aromatic carbocycles. The second-order valence-electron chi connectivity index (χ2n) is 1.92. The molecule has 0 bridgehead atoms. The minimum Gasteiger partial charge on any atom is -0.398 e. The Kier molecular flexibility index (Phi) is 5.37. The summed E-state index contributed by atoms with van der Waals surface area (Å²) in [6, 6.07) is 5.43. The van der Waals surface area contributed by atoms with Crippen molar-refractivity contribution in [3.05, 3.63) is 28.2 Å². The number of anilines is 1. The molecule has 12 heavy (non-hydrogen) atoms. The van der Waals surface area contributed by atoms with Gasteiger partial charge in [-0.15, -0.1) is 0 Å². The van der Waals surface area contributed by atoms with Gasteiger partial charge in [-0.2, -0.15) is 0 Å². The van der Waals surface area contributed by atoms with Gasteiger partial charge in [-0.1, -0.05) is 35.8 Å². The van der Waals surface area contributed by atoms with Crippen LogP contribution in [0.25, 0.3) is 0 Å². The number of hydrogen-bond acceptors (Lipinski definition) is 2. The molecule has 0 aliphatic carbocycles. The Bertz CT molecular complexity index is 259. The molecule has 0 heterocycles. The Balaban J connectivity index is 0.000000561. The Morgan fingerprint density at radius 1 is 1.42 bits per heavy atom. The molecule has 0 spiro atoms. The first-order chi connectivity index (χ1) is 5.74. The Morgan fingerprint density at radius 2 is 2.00 bits per heavy atom. The molecule has 3 heteroatoms. The third-order valence-electron chi connectivity index (χ3n) is 1.20. The first-order valence-electron chi connectivity index (χ1n) is 3.79. The molecule has 66 valence electrons. The van der Waals surface area contributed by atoms with Crippen LogP contribution < -0.4 is 5.73 Å². The highest BCUT2D eigenvalue weighted by Crippen LogP contribution is 2.16. The van der Waals surface area contributed by atoms with E-state index in [0.717, 1.165) is 10.0 Å². The van der Waals surface area contributed by atoms with E-state index in [0.29, 0.717) is 5.69 Å². The lowest BCUT2D eigenvalue weighted by molar-refractivity contribution is 1.50. The van der Waals surface area contributed by atoms with E-state index in [1.165, 1.54) is 6.21 Å². The number of nitrogens with one attached hydrogen (secondary N) is 1. The monoisotopic (exact) mass is 228 g/mol. The van der Waals surface area contributed by atoms with Gasteiger partial charge in [0.05, 0.1) is 0 Å². The van der Waals surface area contributed by atoms with Gasteiger partial charge in [0.15, 0.2) is 0 Å². The summed E-state index contributed by atoms with van der Waals surface area (Å²) in [6.07, 6.45) is 1.24. The summed E-state index contributed by atoms with van der Waals surface area (Å²) in [6.45, 7) is 4.00. The van der Waals surface area contributed by atoms with Gasteiger partial charge < -0.3 is 11.1 Å². The lowest BCUT2D eigenvalue weighted by Gasteiger charge is -1.97. The summed E-state index contributed by atoms with van der Waals surface area (Å²) in [4.78, 5) is 0. The molecular weight excluding hydrogens is 216 g/mol. The van der Waals surface area contributed by atoms with Crippen LogP contribution in [0.15, 0.2) is 22.7 Å². The van der Waals surface area contributed by atoms with Crippen LogP contribution in [-0.4, -0.2) is 6.21 Å². The Labute approximate surface area is 81.4 Å². The molecule has 0 aromatic heterocycles. The van der Waals surface area contributed by atoms with E-state index >= 15 is 0 Å². The smallest absolute Gasteiger partial charge is 0.0414 e. The van der Waals surface area contributed by atoms with Crippen LogP contribution >= 0.6 is 15.9 Å². The maximum absolute atomic E-state index is 6.93. The van der Waals surface area contributed by atoms with Crippen molar-refractivity contribution < 1.29 is 0 Å². The van der Waals surface area contributed by atoms with Crippen molar-refractivity contribution in [3.63, 3.8) is 0 Å². The highest BCUT2D eigenvalue weighted by Gasteiger charge is 1.93. The zero-order chi connectivity index (χ0) is 9.56. The van der Waals surface area contributed by atoms with Crippen molar-refractivity contribution in [2.75, 3.05) is 5.73 Å². The fourth-order valence-electron chi connectivity index (χ4n) is 0.677. The SMILES string of the molecule is CC.N=Cc1ccc(Br)cc1N. The molecular formula is C9H13BrN2. The van der Waals surface area contributed by atoms with Gasteiger partial charge in [-0.25, -0.2) is 0 Å². The number of halogens is 1. The maximum atomic E-state index is 6.93. The lowest BCUT2D eigenvalue weighted by Crippen LogP contribution is -1.91. The van der Waals surface area contributed by atoms with E-state index in [2.05, 4.69) is 15.9 Å². The minimum atomic E-state index is 0.629. The predicted molar refractivity (Wildman–Crippen MR) is 57.8 cm³/mol. The Hall–Kier alpha value is -0.830. The fourth-order valence-corrected chi connectivity index (χ4v) is 1.06. The van der Waals surface area contributed by atoms with E-state index in [-0.39, 0.29) is 0 Å². The standard InChI is InChI=1S/C7H7BrN2.C2H6/c8-6-2-1-5(4-9)7(10)3-6;1-2/h1-4,9H,10H2;1-2H3. The minimum absolute atomic E-state index is 0.629. The fraction of sp³-hybridized carbons (Fsp3) is 0.222. The summed E-state index contributed by atoms with van der Waals surface area (Å²) in [5.41, 5.74) is 6.93. The molecule has 2 nitrogen and oxygen atoms in total. The van der Waals surface area contributed by atoms with Crippen LogP contribution in [-0.2, 0) is 0 Å². The molecule has 0 saturated heterocycles. The number of hydrogen-bond donors (Lipinski definition) is 2. The summed E-state index contributed by atoms with van der Waals surface area (Å²) in [5, 5.41) is 6.93. The van der Waals surface area contributed by atoms with Gasteiger partial charge in [0, 0.05) is 21.9 Å². The number of rotatable bonds is 1. The summed E-state index contributed by atoms with van der Waals surface area (Å²) in [5.74, 6) is 0. The Morgan fingerprint density at radius 3 is 2.42 bits per heavy atom. The van der Waals surface area contributed by atoms with Crippen molar-refractivity contribution in [1.29, 1.82) is 5.41 Å². The van der Waals surface area contributed by atoms with E-state index < -0.39 is 0 Å². The average Bonchev–Trinajstić information content (AvgIpc) is 2.08. The van der Waals surface area contributed by atoms with Gasteiger partial charge in [-0.05, 0) is 12.1 Å². The van der Waals surface area contributed by atoms with Crippen molar-refractivity contribution in [2.45, 2.75) is 13.8 Å². The zero-order valence-corrected chi connectivity index (χ0v) is 8.85. The van der Waals surface area contributed by atoms with E-state index in [1.807, 2.05) is 19.9 Å². The van der Waals surface area contributed by atoms with Crippen LogP contribution in [0.4, 0.5) is 5.69 Å². The number of benzene rings is 1. The van der Waals surface area contributed by atoms with Crippen LogP contribution in [0.3, 0.4) is 0 Å². The van der Waals surface area contributed by atoms with E-state index in [1.54, 1.807) is 12.1 Å². The highest BCUT2D eigenvalue weighted by atomic mass is 79.9. The van der Waals surface area contributed by atoms with Gasteiger partial charge in [-0.3, -0.25) is 0 Å². The summed E-state index contributed by atoms with van der Waals surface area (Å²) in [7, 11) is 0. The normalized spacial score (nSPS) is 8.25. The topological polar surface area (TPSA) is 49.9 Å². The highest BCUT2D eigenvalue weighted by molar-refractivity contribution is 9.10. The maximum Gasteiger partial charge on any atom is 0.0414 e. The molecule has 0 aliphatic heterocycles. The first-order valence-corrected chi connectivity index (χ1v) is 4.59. The second kappa shape index (κ2) is 5.77. The lowest BCUT2D eigenvalue weighted by atomic mass is 10.2. The molecule has 0 atom stereocenters. The molecule has 0 fully saturated rings. The predicted octanol–water partition coefficient (Wildman–Crippen LogP) is 3.06. The van der Waals surface area contributed by atoms with E-state index in [4.69, 9.17) is 11.1 Å². The van der Waals surface area contributed by atoms with Gasteiger partial charge >= 0.3 is 0 Å². The van der Waals surface area contributed by atoms with Crippen LogP contribution in [0.2, 0.25) is 0 Å².